The number of aromatic nitrogens is 1. The minimum atomic E-state index is -0.0175. The second-order valence-electron chi connectivity index (χ2n) is 4.45. The average Bonchev–Trinajstić information content (AvgIpc) is 2.46. The smallest absolute Gasteiger partial charge is 0.132 e. The summed E-state index contributed by atoms with van der Waals surface area (Å²) in [6.07, 6.45) is 1.76. The number of benzene rings is 1. The van der Waals surface area contributed by atoms with Crippen LogP contribution in [0.3, 0.4) is 0 Å². The molecule has 1 heterocycles. The van der Waals surface area contributed by atoms with Crippen LogP contribution in [-0.4, -0.2) is 12.0 Å². The normalized spacial score (nSPS) is 11.7. The van der Waals surface area contributed by atoms with Crippen LogP contribution in [0.15, 0.2) is 42.6 Å². The zero-order valence-electron chi connectivity index (χ0n) is 11.0. The fourth-order valence-electron chi connectivity index (χ4n) is 1.79. The monoisotopic (exact) mass is 252 g/mol. The molecule has 2 aromatic rings. The van der Waals surface area contributed by atoms with Crippen LogP contribution in [0.4, 0.5) is 11.5 Å². The summed E-state index contributed by atoms with van der Waals surface area (Å²) < 4.78 is 0. The summed E-state index contributed by atoms with van der Waals surface area (Å²) in [5.41, 5.74) is 8.55. The molecule has 0 saturated heterocycles. The van der Waals surface area contributed by atoms with Gasteiger partial charge in [0.15, 0.2) is 0 Å². The van der Waals surface area contributed by atoms with Crippen molar-refractivity contribution in [3.63, 3.8) is 0 Å². The highest BCUT2D eigenvalue weighted by atomic mass is 15.2. The number of nitriles is 1. The average molecular weight is 252 g/mol. The number of nitrogens with zero attached hydrogens (tertiary/aromatic N) is 3. The van der Waals surface area contributed by atoms with Gasteiger partial charge < -0.3 is 10.6 Å². The van der Waals surface area contributed by atoms with E-state index < -0.39 is 0 Å². The molecular weight excluding hydrogens is 236 g/mol. The number of hydrogen-bond acceptors (Lipinski definition) is 4. The third kappa shape index (κ3) is 2.90. The molecule has 0 amide bonds. The Morgan fingerprint density at radius 1 is 1.26 bits per heavy atom. The Kier molecular flexibility index (Phi) is 3.79. The molecule has 4 heteroatoms. The lowest BCUT2D eigenvalue weighted by Crippen LogP contribution is -2.13. The molecule has 0 radical (unpaired) electrons. The fourth-order valence-corrected chi connectivity index (χ4v) is 1.79. The molecular formula is C15H16N4. The second-order valence-corrected chi connectivity index (χ2v) is 4.45. The summed E-state index contributed by atoms with van der Waals surface area (Å²) in [6, 6.07) is 13.4. The number of pyridine rings is 1. The summed E-state index contributed by atoms with van der Waals surface area (Å²) in [5.74, 6) is 0.833. The first kappa shape index (κ1) is 13.1. The summed E-state index contributed by atoms with van der Waals surface area (Å²) in [5, 5.41) is 8.79. The number of anilines is 2. The largest absolute Gasteiger partial charge is 0.329 e. The van der Waals surface area contributed by atoms with Crippen LogP contribution in [0.25, 0.3) is 0 Å². The van der Waals surface area contributed by atoms with Crippen molar-refractivity contribution >= 4 is 11.5 Å². The summed E-state index contributed by atoms with van der Waals surface area (Å²) in [7, 11) is 1.94. The maximum atomic E-state index is 8.79. The van der Waals surface area contributed by atoms with Gasteiger partial charge in [0.1, 0.15) is 5.82 Å². The lowest BCUT2D eigenvalue weighted by atomic mass is 10.1. The molecule has 2 N–H and O–H groups in total. The van der Waals surface area contributed by atoms with Crippen molar-refractivity contribution in [2.45, 2.75) is 13.0 Å². The van der Waals surface area contributed by atoms with E-state index in [-0.39, 0.29) is 6.04 Å². The van der Waals surface area contributed by atoms with E-state index in [2.05, 4.69) is 11.1 Å². The lowest BCUT2D eigenvalue weighted by molar-refractivity contribution is 0.814. The van der Waals surface area contributed by atoms with Gasteiger partial charge in [0, 0.05) is 25.0 Å². The van der Waals surface area contributed by atoms with Crippen molar-refractivity contribution in [3.05, 3.63) is 53.7 Å². The van der Waals surface area contributed by atoms with E-state index in [1.54, 1.807) is 18.3 Å². The molecule has 0 aliphatic rings. The van der Waals surface area contributed by atoms with Gasteiger partial charge in [-0.15, -0.1) is 0 Å². The van der Waals surface area contributed by atoms with E-state index in [4.69, 9.17) is 11.0 Å². The molecule has 1 aromatic carbocycles. The van der Waals surface area contributed by atoms with Gasteiger partial charge in [-0.05, 0) is 48.9 Å². The Bertz CT molecular complexity index is 596. The number of nitrogens with two attached hydrogens (primary N) is 1. The van der Waals surface area contributed by atoms with Crippen molar-refractivity contribution in [1.29, 1.82) is 5.26 Å². The lowest BCUT2D eigenvalue weighted by Gasteiger charge is -2.19. The second kappa shape index (κ2) is 5.51. The van der Waals surface area contributed by atoms with Crippen LogP contribution in [0.1, 0.15) is 24.1 Å². The van der Waals surface area contributed by atoms with E-state index in [1.165, 1.54) is 0 Å². The van der Waals surface area contributed by atoms with Crippen molar-refractivity contribution in [2.75, 3.05) is 11.9 Å². The highest BCUT2D eigenvalue weighted by Gasteiger charge is 2.07. The van der Waals surface area contributed by atoms with E-state index in [1.807, 2.05) is 43.1 Å². The van der Waals surface area contributed by atoms with Crippen LogP contribution < -0.4 is 10.6 Å². The molecule has 0 saturated carbocycles. The van der Waals surface area contributed by atoms with Gasteiger partial charge in [-0.1, -0.05) is 0 Å². The molecule has 0 aliphatic heterocycles. The first-order valence-electron chi connectivity index (χ1n) is 6.07. The Hall–Kier alpha value is -2.38. The predicted molar refractivity (Wildman–Crippen MR) is 76.1 cm³/mol. The maximum Gasteiger partial charge on any atom is 0.132 e. The van der Waals surface area contributed by atoms with Crippen LogP contribution >= 0.6 is 0 Å². The molecule has 1 aromatic heterocycles. The Morgan fingerprint density at radius 3 is 2.53 bits per heavy atom. The molecule has 0 aliphatic carbocycles. The van der Waals surface area contributed by atoms with Gasteiger partial charge in [0.2, 0.25) is 0 Å². The van der Waals surface area contributed by atoms with Crippen molar-refractivity contribution in [1.82, 2.24) is 4.98 Å². The zero-order valence-corrected chi connectivity index (χ0v) is 11.0. The minimum Gasteiger partial charge on any atom is -0.329 e. The summed E-state index contributed by atoms with van der Waals surface area (Å²) in [4.78, 5) is 6.31. The van der Waals surface area contributed by atoms with Gasteiger partial charge in [0.05, 0.1) is 11.6 Å². The topological polar surface area (TPSA) is 65.9 Å². The quantitative estimate of drug-likeness (QED) is 0.912. The molecule has 4 nitrogen and oxygen atoms in total. The fraction of sp³-hybridized carbons (Fsp3) is 0.200. The molecule has 0 unspecified atom stereocenters. The maximum absolute atomic E-state index is 8.79. The van der Waals surface area contributed by atoms with Gasteiger partial charge in [0.25, 0.3) is 0 Å². The number of rotatable bonds is 3. The zero-order chi connectivity index (χ0) is 13.8. The standard InChI is InChI=1S/C15H16N4/c1-11(17)13-7-8-18-15(9-13)19(2)14-5-3-12(10-16)4-6-14/h3-9,11H,17H2,1-2H3/t11-/m1/s1. The van der Waals surface area contributed by atoms with Crippen molar-refractivity contribution in [3.8, 4) is 6.07 Å². The van der Waals surface area contributed by atoms with Gasteiger partial charge in [-0.2, -0.15) is 5.26 Å². The van der Waals surface area contributed by atoms with E-state index >= 15 is 0 Å². The van der Waals surface area contributed by atoms with Crippen molar-refractivity contribution < 1.29 is 0 Å². The third-order valence-corrected chi connectivity index (χ3v) is 3.02. The van der Waals surface area contributed by atoms with Crippen LogP contribution in [0.2, 0.25) is 0 Å². The molecule has 19 heavy (non-hydrogen) atoms. The minimum absolute atomic E-state index is 0.0175. The predicted octanol–water partition coefficient (Wildman–Crippen LogP) is 2.74. The Balaban J connectivity index is 2.30. The Morgan fingerprint density at radius 2 is 1.95 bits per heavy atom. The van der Waals surface area contributed by atoms with Crippen LogP contribution in [-0.2, 0) is 0 Å². The molecule has 1 atom stereocenters. The van der Waals surface area contributed by atoms with Crippen LogP contribution in [0.5, 0.6) is 0 Å². The molecule has 96 valence electrons. The third-order valence-electron chi connectivity index (χ3n) is 3.02. The van der Waals surface area contributed by atoms with Crippen LogP contribution in [0, 0.1) is 11.3 Å². The first-order valence-corrected chi connectivity index (χ1v) is 6.07. The SMILES string of the molecule is C[C@@H](N)c1ccnc(N(C)c2ccc(C#N)cc2)c1. The molecule has 2 rings (SSSR count). The summed E-state index contributed by atoms with van der Waals surface area (Å²) >= 11 is 0. The first-order chi connectivity index (χ1) is 9.11. The highest BCUT2D eigenvalue weighted by molar-refractivity contribution is 5.60. The molecule has 0 spiro atoms. The van der Waals surface area contributed by atoms with Gasteiger partial charge >= 0.3 is 0 Å². The Labute approximate surface area is 113 Å². The molecule has 0 bridgehead atoms. The van der Waals surface area contributed by atoms with E-state index in [0.29, 0.717) is 5.56 Å². The van der Waals surface area contributed by atoms with Gasteiger partial charge in [-0.3, -0.25) is 0 Å². The highest BCUT2D eigenvalue weighted by Crippen LogP contribution is 2.23. The number of hydrogen-bond donors (Lipinski definition) is 1. The summed E-state index contributed by atoms with van der Waals surface area (Å²) in [6.45, 7) is 1.95. The van der Waals surface area contributed by atoms with Crippen molar-refractivity contribution in [2.24, 2.45) is 5.73 Å². The van der Waals surface area contributed by atoms with Gasteiger partial charge in [-0.25, -0.2) is 4.98 Å². The molecule has 0 fully saturated rings. The van der Waals surface area contributed by atoms with E-state index in [9.17, 15) is 0 Å². The van der Waals surface area contributed by atoms with E-state index in [0.717, 1.165) is 17.1 Å².